The third-order valence-corrected chi connectivity index (χ3v) is 6.02. The van der Waals surface area contributed by atoms with E-state index in [0.29, 0.717) is 18.2 Å². The minimum Gasteiger partial charge on any atom is -0.354 e. The summed E-state index contributed by atoms with van der Waals surface area (Å²) in [6.45, 7) is 4.61. The smallest absolute Gasteiger partial charge is 0.304 e. The van der Waals surface area contributed by atoms with Crippen molar-refractivity contribution < 1.29 is 13.2 Å². The SMILES string of the molecule is CCCC[C@@H](CC)CNC(=O)CN(c1ccccc1)S(=O)(=O)N(C)C. The van der Waals surface area contributed by atoms with Crippen LogP contribution in [0.2, 0.25) is 0 Å². The fraction of sp³-hybridized carbons (Fsp3) is 0.611. The number of nitrogens with zero attached hydrogens (tertiary/aromatic N) is 2. The van der Waals surface area contributed by atoms with E-state index in [1.807, 2.05) is 6.07 Å². The minimum atomic E-state index is -3.74. The van der Waals surface area contributed by atoms with Gasteiger partial charge in [-0.15, -0.1) is 0 Å². The van der Waals surface area contributed by atoms with Gasteiger partial charge in [-0.25, -0.2) is 4.31 Å². The van der Waals surface area contributed by atoms with Gasteiger partial charge < -0.3 is 5.32 Å². The zero-order chi connectivity index (χ0) is 18.9. The van der Waals surface area contributed by atoms with Gasteiger partial charge in [0.25, 0.3) is 0 Å². The van der Waals surface area contributed by atoms with Gasteiger partial charge in [-0.2, -0.15) is 12.7 Å². The second-order valence-electron chi connectivity index (χ2n) is 6.35. The number of anilines is 1. The molecule has 25 heavy (non-hydrogen) atoms. The number of rotatable bonds is 11. The molecule has 1 rings (SSSR count). The average molecular weight is 370 g/mol. The lowest BCUT2D eigenvalue weighted by Gasteiger charge is -2.27. The second-order valence-corrected chi connectivity index (χ2v) is 8.42. The standard InChI is InChI=1S/C18H31N3O3S/c1-5-7-11-16(6-2)14-19-18(22)15-21(25(23,24)20(3)4)17-12-9-8-10-13-17/h8-10,12-13,16H,5-7,11,14-15H2,1-4H3,(H,19,22)/t16-/m1/s1. The Morgan fingerprint density at radius 1 is 1.16 bits per heavy atom. The maximum atomic E-state index is 12.6. The molecular formula is C18H31N3O3S. The zero-order valence-corrected chi connectivity index (χ0v) is 16.6. The van der Waals surface area contributed by atoms with Crippen LogP contribution >= 0.6 is 0 Å². The van der Waals surface area contributed by atoms with Crippen LogP contribution in [0.25, 0.3) is 0 Å². The van der Waals surface area contributed by atoms with Crippen LogP contribution in [0.3, 0.4) is 0 Å². The number of nitrogens with one attached hydrogen (secondary N) is 1. The van der Waals surface area contributed by atoms with Crippen LogP contribution in [-0.4, -0.2) is 45.8 Å². The highest BCUT2D eigenvalue weighted by atomic mass is 32.2. The van der Waals surface area contributed by atoms with Crippen molar-refractivity contribution in [3.63, 3.8) is 0 Å². The van der Waals surface area contributed by atoms with Crippen LogP contribution in [-0.2, 0) is 15.0 Å². The summed E-state index contributed by atoms with van der Waals surface area (Å²) in [6, 6.07) is 8.69. The predicted octanol–water partition coefficient (Wildman–Crippen LogP) is 2.63. The van der Waals surface area contributed by atoms with Gasteiger partial charge in [0.05, 0.1) is 5.69 Å². The molecule has 0 heterocycles. The summed E-state index contributed by atoms with van der Waals surface area (Å²) in [5.41, 5.74) is 0.476. The van der Waals surface area contributed by atoms with Crippen molar-refractivity contribution >= 4 is 21.8 Å². The molecule has 0 spiro atoms. The van der Waals surface area contributed by atoms with Crippen LogP contribution in [0.5, 0.6) is 0 Å². The first kappa shape index (κ1) is 21.4. The number of carbonyl (C=O) groups excluding carboxylic acids is 1. The summed E-state index contributed by atoms with van der Waals surface area (Å²) in [7, 11) is -0.821. The molecule has 0 aliphatic carbocycles. The van der Waals surface area contributed by atoms with E-state index in [9.17, 15) is 13.2 Å². The highest BCUT2D eigenvalue weighted by Gasteiger charge is 2.27. The largest absolute Gasteiger partial charge is 0.354 e. The van der Waals surface area contributed by atoms with Crippen LogP contribution in [0.15, 0.2) is 30.3 Å². The molecule has 1 aromatic rings. The van der Waals surface area contributed by atoms with Crippen molar-refractivity contribution in [1.29, 1.82) is 0 Å². The van der Waals surface area contributed by atoms with Crippen molar-refractivity contribution in [1.82, 2.24) is 9.62 Å². The molecule has 1 atom stereocenters. The molecule has 0 saturated heterocycles. The Bertz CT molecular complexity index is 618. The molecule has 0 aromatic heterocycles. The lowest BCUT2D eigenvalue weighted by atomic mass is 9.99. The summed E-state index contributed by atoms with van der Waals surface area (Å²) in [5, 5.41) is 2.89. The molecule has 0 aliphatic heterocycles. The third-order valence-electron chi connectivity index (χ3n) is 4.20. The van der Waals surface area contributed by atoms with E-state index in [1.165, 1.54) is 14.1 Å². The van der Waals surface area contributed by atoms with Crippen molar-refractivity contribution in [2.45, 2.75) is 39.5 Å². The van der Waals surface area contributed by atoms with Crippen LogP contribution < -0.4 is 9.62 Å². The van der Waals surface area contributed by atoms with E-state index in [0.717, 1.165) is 34.3 Å². The Labute approximate surface area is 152 Å². The Hall–Kier alpha value is -1.60. The molecular weight excluding hydrogens is 338 g/mol. The number of unbranched alkanes of at least 4 members (excludes halogenated alkanes) is 1. The number of carbonyl (C=O) groups is 1. The molecule has 0 bridgehead atoms. The van der Waals surface area contributed by atoms with Crippen molar-refractivity contribution in [2.24, 2.45) is 5.92 Å². The lowest BCUT2D eigenvalue weighted by molar-refractivity contribution is -0.119. The van der Waals surface area contributed by atoms with Crippen molar-refractivity contribution in [3.8, 4) is 0 Å². The number of benzene rings is 1. The van der Waals surface area contributed by atoms with Gasteiger partial charge >= 0.3 is 10.2 Å². The fourth-order valence-electron chi connectivity index (χ4n) is 2.49. The van der Waals surface area contributed by atoms with E-state index >= 15 is 0 Å². The first-order chi connectivity index (χ1) is 11.8. The molecule has 1 amide bonds. The second kappa shape index (κ2) is 10.4. The molecule has 0 aliphatic rings. The average Bonchev–Trinajstić information content (AvgIpc) is 2.60. The number of amides is 1. The van der Waals surface area contributed by atoms with E-state index in [-0.39, 0.29) is 12.5 Å². The summed E-state index contributed by atoms with van der Waals surface area (Å²) in [4.78, 5) is 12.4. The maximum Gasteiger partial charge on any atom is 0.304 e. The number of hydrogen-bond acceptors (Lipinski definition) is 3. The Kier molecular flexibility index (Phi) is 8.92. The highest BCUT2D eigenvalue weighted by Crippen LogP contribution is 2.18. The molecule has 6 nitrogen and oxygen atoms in total. The molecule has 142 valence electrons. The third kappa shape index (κ3) is 6.66. The summed E-state index contributed by atoms with van der Waals surface area (Å²) in [6.07, 6.45) is 4.34. The van der Waals surface area contributed by atoms with Gasteiger partial charge in [0.15, 0.2) is 0 Å². The molecule has 0 radical (unpaired) electrons. The quantitative estimate of drug-likeness (QED) is 0.652. The molecule has 0 fully saturated rings. The monoisotopic (exact) mass is 369 g/mol. The highest BCUT2D eigenvalue weighted by molar-refractivity contribution is 7.90. The number of para-hydroxylation sites is 1. The summed E-state index contributed by atoms with van der Waals surface area (Å²) >= 11 is 0. The fourth-order valence-corrected chi connectivity index (χ4v) is 3.55. The Morgan fingerprint density at radius 3 is 2.32 bits per heavy atom. The first-order valence-corrected chi connectivity index (χ1v) is 10.2. The number of hydrogen-bond donors (Lipinski definition) is 1. The first-order valence-electron chi connectivity index (χ1n) is 8.84. The molecule has 1 N–H and O–H groups in total. The lowest BCUT2D eigenvalue weighted by Crippen LogP contribution is -2.46. The van der Waals surface area contributed by atoms with Crippen LogP contribution in [0.4, 0.5) is 5.69 Å². The van der Waals surface area contributed by atoms with Crippen molar-refractivity contribution in [3.05, 3.63) is 30.3 Å². The van der Waals surface area contributed by atoms with Gasteiger partial charge in [0, 0.05) is 20.6 Å². The van der Waals surface area contributed by atoms with E-state index < -0.39 is 10.2 Å². The van der Waals surface area contributed by atoms with Crippen LogP contribution in [0.1, 0.15) is 39.5 Å². The van der Waals surface area contributed by atoms with E-state index in [2.05, 4.69) is 19.2 Å². The molecule has 0 unspecified atom stereocenters. The van der Waals surface area contributed by atoms with Gasteiger partial charge in [-0.3, -0.25) is 4.79 Å². The van der Waals surface area contributed by atoms with E-state index in [4.69, 9.17) is 0 Å². The Morgan fingerprint density at radius 2 is 1.80 bits per heavy atom. The van der Waals surface area contributed by atoms with Crippen LogP contribution in [0, 0.1) is 5.92 Å². The van der Waals surface area contributed by atoms with Crippen molar-refractivity contribution in [2.75, 3.05) is 31.5 Å². The minimum absolute atomic E-state index is 0.227. The molecule has 7 heteroatoms. The molecule has 1 aromatic carbocycles. The van der Waals surface area contributed by atoms with E-state index in [1.54, 1.807) is 24.3 Å². The predicted molar refractivity (Wildman–Crippen MR) is 103 cm³/mol. The van der Waals surface area contributed by atoms with Gasteiger partial charge in [0.2, 0.25) is 5.91 Å². The van der Waals surface area contributed by atoms with Gasteiger partial charge in [-0.05, 0) is 24.5 Å². The van der Waals surface area contributed by atoms with Gasteiger partial charge in [0.1, 0.15) is 6.54 Å². The normalized spacial score (nSPS) is 12.8. The topological polar surface area (TPSA) is 69.7 Å². The zero-order valence-electron chi connectivity index (χ0n) is 15.7. The summed E-state index contributed by atoms with van der Waals surface area (Å²) < 4.78 is 27.4. The maximum absolute atomic E-state index is 12.6. The van der Waals surface area contributed by atoms with Gasteiger partial charge in [-0.1, -0.05) is 51.3 Å². The Balaban J connectivity index is 2.80. The summed E-state index contributed by atoms with van der Waals surface area (Å²) in [5.74, 6) is 0.142. The molecule has 0 saturated carbocycles.